The molecule has 0 aliphatic heterocycles. The van der Waals surface area contributed by atoms with Crippen molar-refractivity contribution < 1.29 is 115 Å². The van der Waals surface area contributed by atoms with Crippen molar-refractivity contribution in [2.24, 2.45) is 0 Å². The van der Waals surface area contributed by atoms with Gasteiger partial charge in [-0.15, -0.1) is 5.10 Å². The van der Waals surface area contributed by atoms with Crippen molar-refractivity contribution in [3.63, 3.8) is 0 Å². The molecular weight excluding hydrogens is 2120 g/mol. The molecule has 27 nitrogen and oxygen atoms in total. The Balaban J connectivity index is 0.000000214. The average molecular weight is 2180 g/mol. The van der Waals surface area contributed by atoms with E-state index in [0.29, 0.717) is 33.0 Å². The number of hydrogen-bond acceptors (Lipinski definition) is 24. The van der Waals surface area contributed by atoms with Gasteiger partial charge in [-0.25, -0.2) is 47.9 Å². The standard InChI is InChI=1S/C29H13ClF6N2O5S.C28H18ClFN4O4S.C22H10BrF6NO5S.C7H5BClNO2.C4H5N3.3H3P/c1-42-22-10-17(13-2-5-18(30)15(8-13)12-37)19(31)11-21(22)38-20-6-4-16(9-14(20)3-7-23(38)39)44(40,41)43-29-27(35)25(33)24(32)26(34)28(29)36;1-38-27-13-22(17-4-7-23(29)19(11-17)15-31)24(30)14-26(27)34-25-8-6-21(12-18(25)5-9-28(34)35)39(36,37)16-20-3-2-10-32-33-20;1-34-15-7-11(23)12(24)8-14(15)30-13-4-3-10(6-9(13)2-5-16(30)31)36(32,33)35-22-20(28)18(26)17(25)19(27)21(22)29;9-7-2-1-6(8(11)12)3-5(7)4-10;5-4-2-1-3-6-7-4;;;/h2-11H,1H3;2-14H,16H2,1H3;2-8H,1H3;1-3,11-12H;1-3H,(H2,5,7);3*1H3. The number of sulfone groups is 1. The van der Waals surface area contributed by atoms with Crippen LogP contribution in [0.4, 0.5) is 62.9 Å². The Hall–Kier alpha value is -14.0. The molecule has 0 bridgehead atoms. The van der Waals surface area contributed by atoms with Crippen LogP contribution in [-0.4, -0.2) is 97.8 Å². The van der Waals surface area contributed by atoms with Gasteiger partial charge < -0.3 is 38.4 Å². The highest BCUT2D eigenvalue weighted by Crippen LogP contribution is 2.41. The zero-order valence-electron chi connectivity index (χ0n) is 71.5. The monoisotopic (exact) mass is 2180 g/mol. The number of nitrogens with zero attached hydrogens (tertiary/aromatic N) is 10. The first-order valence-corrected chi connectivity index (χ1v) is 44.5. The van der Waals surface area contributed by atoms with Crippen LogP contribution < -0.4 is 50.5 Å². The number of benzene rings is 11. The normalized spacial score (nSPS) is 10.9. The fourth-order valence-electron chi connectivity index (χ4n) is 13.0. The Morgan fingerprint density at radius 2 is 0.752 bits per heavy atom. The topological polar surface area (TPSA) is 404 Å². The summed E-state index contributed by atoms with van der Waals surface area (Å²) < 4.78 is 287. The summed E-state index contributed by atoms with van der Waals surface area (Å²) in [6.45, 7) is 0. The van der Waals surface area contributed by atoms with Crippen molar-refractivity contribution in [3.8, 4) is 86.3 Å². The Labute approximate surface area is 821 Å². The van der Waals surface area contributed by atoms with Crippen LogP contribution in [-0.2, 0) is 35.8 Å². The van der Waals surface area contributed by atoms with Gasteiger partial charge in [0, 0.05) is 76.1 Å². The van der Waals surface area contributed by atoms with Crippen LogP contribution in [0.15, 0.2) is 252 Å². The molecule has 141 heavy (non-hydrogen) atoms. The number of nitrogen functional groups attached to an aromatic ring is 1. The number of pyridine rings is 3. The van der Waals surface area contributed by atoms with Crippen molar-refractivity contribution in [2.75, 3.05) is 27.1 Å². The van der Waals surface area contributed by atoms with Crippen LogP contribution in [0.3, 0.4) is 0 Å². The van der Waals surface area contributed by atoms with Crippen molar-refractivity contribution >= 4 is 162 Å². The lowest BCUT2D eigenvalue weighted by atomic mass is 9.80. The molecule has 5 aromatic heterocycles. The molecule has 4 N–H and O–H groups in total. The highest BCUT2D eigenvalue weighted by Gasteiger charge is 2.35. The largest absolute Gasteiger partial charge is 0.495 e. The number of nitriles is 3. The van der Waals surface area contributed by atoms with Gasteiger partial charge in [-0.3, -0.25) is 28.1 Å². The maximum absolute atomic E-state index is 15.5. The molecule has 0 saturated carbocycles. The lowest BCUT2D eigenvalue weighted by molar-refractivity contribution is 0.346. The van der Waals surface area contributed by atoms with Crippen molar-refractivity contribution in [1.29, 1.82) is 15.8 Å². The first-order chi connectivity index (χ1) is 65.4. The zero-order valence-corrected chi connectivity index (χ0v) is 82.0. The number of fused-ring (bicyclic) bond motifs is 3. The van der Waals surface area contributed by atoms with Gasteiger partial charge in [0.05, 0.1) is 108 Å². The molecule has 16 aromatic rings. The molecule has 0 saturated heterocycles. The third kappa shape index (κ3) is 24.0. The maximum Gasteiger partial charge on any atom is 0.488 e. The van der Waals surface area contributed by atoms with Crippen LogP contribution >= 0.6 is 80.4 Å². The summed E-state index contributed by atoms with van der Waals surface area (Å²) in [6, 6.07) is 49.7. The lowest BCUT2D eigenvalue weighted by Crippen LogP contribution is -2.29. The van der Waals surface area contributed by atoms with Crippen LogP contribution in [0.25, 0.3) is 72.0 Å². The summed E-state index contributed by atoms with van der Waals surface area (Å²) in [5, 5.41) is 60.3. The van der Waals surface area contributed by atoms with Gasteiger partial charge in [0.25, 0.3) is 16.7 Å². The number of aromatic nitrogens is 7. The zero-order chi connectivity index (χ0) is 101. The summed E-state index contributed by atoms with van der Waals surface area (Å²) in [5.41, 5.74) is 5.70. The minimum absolute atomic E-state index is 0. The summed E-state index contributed by atoms with van der Waals surface area (Å²) in [6.07, 6.45) is 3.03. The molecule has 16 rings (SSSR count). The van der Waals surface area contributed by atoms with E-state index in [1.54, 1.807) is 36.5 Å². The molecule has 0 spiro atoms. The van der Waals surface area contributed by atoms with Crippen molar-refractivity contribution in [3.05, 3.63) is 367 Å². The molecule has 3 atom stereocenters. The Kier molecular flexibility index (Phi) is 36.4. The summed E-state index contributed by atoms with van der Waals surface area (Å²) in [5.74, 6) is -30.4. The first-order valence-electron chi connectivity index (χ1n) is 38.1. The number of rotatable bonds is 18. The second-order valence-corrected chi connectivity index (χ2v) is 35.1. The van der Waals surface area contributed by atoms with E-state index in [0.717, 1.165) is 75.9 Å². The number of ether oxygens (including phenoxy) is 3. The van der Waals surface area contributed by atoms with Gasteiger partial charge in [0.2, 0.25) is 69.7 Å². The second kappa shape index (κ2) is 46.4. The molecule has 0 aliphatic rings. The second-order valence-electron chi connectivity index (χ2n) is 28.0. The molecule has 5 heterocycles. The lowest BCUT2D eigenvalue weighted by Gasteiger charge is -2.17. The van der Waals surface area contributed by atoms with Crippen LogP contribution in [0.5, 0.6) is 28.7 Å². The molecule has 51 heteroatoms. The fourth-order valence-corrected chi connectivity index (χ4v) is 17.0. The van der Waals surface area contributed by atoms with E-state index in [2.05, 4.69) is 44.7 Å². The summed E-state index contributed by atoms with van der Waals surface area (Å²) >= 11 is 20.6. The number of nitrogens with two attached hydrogens (primary N) is 1. The SMILES string of the molecule is COc1cc(-c2ccc(Cl)c(C#N)c2)c(F)cc1-n1c(=O)ccc2cc(S(=O)(=O)Cc3cccnn3)ccc21.COc1cc(-c2ccc(Cl)c(C#N)c2)c(F)cc1-n1c(=O)ccc2cc(S(=O)(=O)Oc3c(F)c(F)c(F)c(F)c3F)ccc21.COc1cc(Br)c(F)cc1-n1c(=O)ccc2cc(S(=O)(=O)Oc3c(F)c(F)c(F)c(F)c3F)ccc21.N#Cc1cc(B(O)O)ccc1Cl.Nc1cccnn1.P.P.P. The van der Waals surface area contributed by atoms with Crippen molar-refractivity contribution in [1.82, 2.24) is 34.1 Å². The predicted molar refractivity (Wildman–Crippen MR) is 513 cm³/mol. The van der Waals surface area contributed by atoms with Gasteiger partial charge in [-0.05, 0) is 184 Å². The smallest absolute Gasteiger partial charge is 0.488 e. The molecule has 0 radical (unpaired) electrons. The number of halogens is 17. The van der Waals surface area contributed by atoms with E-state index < -0.39 is 151 Å². The maximum atomic E-state index is 15.5. The molecule has 0 fully saturated rings. The van der Waals surface area contributed by atoms with Gasteiger partial charge in [-0.1, -0.05) is 53.0 Å². The molecule has 726 valence electrons. The summed E-state index contributed by atoms with van der Waals surface area (Å²) in [4.78, 5) is 37.2. The van der Waals surface area contributed by atoms with Gasteiger partial charge in [0.1, 0.15) is 68.5 Å². The van der Waals surface area contributed by atoms with E-state index >= 15 is 8.78 Å². The van der Waals surface area contributed by atoms with Crippen LogP contribution in [0.2, 0.25) is 15.1 Å². The minimum Gasteiger partial charge on any atom is -0.495 e. The predicted octanol–water partition coefficient (Wildman–Crippen LogP) is 17.4. The number of anilines is 1. The average Bonchev–Trinajstić information content (AvgIpc) is 0.759. The fraction of sp³-hybridized carbons (Fsp3) is 0.0444. The summed E-state index contributed by atoms with van der Waals surface area (Å²) in [7, 11) is -11.7. The Morgan fingerprint density at radius 1 is 0.411 bits per heavy atom. The third-order valence-corrected chi connectivity index (χ3v) is 25.2. The molecule has 11 aromatic carbocycles. The van der Waals surface area contributed by atoms with E-state index in [-0.39, 0.29) is 150 Å². The van der Waals surface area contributed by atoms with Crippen LogP contribution in [0.1, 0.15) is 22.4 Å². The highest BCUT2D eigenvalue weighted by atomic mass is 79.9. The number of hydrogen-bond donors (Lipinski definition) is 3. The van der Waals surface area contributed by atoms with Gasteiger partial charge in [-0.2, -0.15) is 95.2 Å². The third-order valence-electron chi connectivity index (χ3n) is 19.5. The highest BCUT2D eigenvalue weighted by molar-refractivity contribution is 9.10. The Bertz CT molecular complexity index is 8300. The van der Waals surface area contributed by atoms with Crippen molar-refractivity contribution in [2.45, 2.75) is 20.4 Å². The molecule has 0 aliphatic carbocycles. The Morgan fingerprint density at radius 3 is 1.09 bits per heavy atom. The number of methoxy groups -OCH3 is 3. The molecular formula is C90H60BBrCl3F13N11O16P3S3. The molecule has 3 unspecified atom stereocenters. The van der Waals surface area contributed by atoms with E-state index in [1.165, 1.54) is 141 Å². The van der Waals surface area contributed by atoms with E-state index in [1.807, 2.05) is 18.2 Å². The molecule has 0 amide bonds. The quantitative estimate of drug-likeness (QED) is 0.0179. The van der Waals surface area contributed by atoms with E-state index in [4.69, 9.17) is 70.1 Å². The minimum atomic E-state index is -5.19. The van der Waals surface area contributed by atoms with E-state index in [9.17, 15) is 98.5 Å². The van der Waals surface area contributed by atoms with Crippen LogP contribution in [0, 0.1) is 110 Å². The first kappa shape index (κ1) is 111. The van der Waals surface area contributed by atoms with Gasteiger partial charge in [0.15, 0.2) is 9.84 Å². The van der Waals surface area contributed by atoms with Gasteiger partial charge >= 0.3 is 27.4 Å².